The summed E-state index contributed by atoms with van der Waals surface area (Å²) >= 11 is 0. The van der Waals surface area contributed by atoms with Gasteiger partial charge in [-0.2, -0.15) is 0 Å². The zero-order chi connectivity index (χ0) is 33.1. The molecule has 0 radical (unpaired) electrons. The van der Waals surface area contributed by atoms with Gasteiger partial charge in [0.2, 0.25) is 5.91 Å². The summed E-state index contributed by atoms with van der Waals surface area (Å²) < 4.78 is 5.17. The van der Waals surface area contributed by atoms with Crippen molar-refractivity contribution in [2.75, 3.05) is 6.61 Å². The third-order valence-corrected chi connectivity index (χ3v) is 10.6. The molecule has 1 amide bonds. The normalized spacial score (nSPS) is 35.0. The quantitative estimate of drug-likeness (QED) is 0.127. The Hall–Kier alpha value is -3.08. The van der Waals surface area contributed by atoms with Gasteiger partial charge < -0.3 is 30.9 Å². The van der Waals surface area contributed by atoms with Gasteiger partial charge >= 0.3 is 5.97 Å². The highest BCUT2D eigenvalue weighted by Crippen LogP contribution is 2.66. The van der Waals surface area contributed by atoms with Gasteiger partial charge in [-0.05, 0) is 65.7 Å². The third-order valence-electron chi connectivity index (χ3n) is 10.6. The predicted octanol–water partition coefficient (Wildman–Crippen LogP) is 3.05. The SMILES string of the molecule is CCCCOC(=O)C=Cc1cc(C(C)C)c2c(c1O)C(=O)[C@@H]1C(O)[C@@]3(O)C(=O)[C@H](C(N)=O)C(O)[C@H](C(C)C)[C@@]3(C)C[C@@]1(C)C2. The molecule has 0 aliphatic heterocycles. The van der Waals surface area contributed by atoms with Gasteiger partial charge in [-0.3, -0.25) is 14.4 Å². The molecule has 10 nitrogen and oxygen atoms in total. The average Bonchev–Trinajstić information content (AvgIpc) is 2.89. The third kappa shape index (κ3) is 4.90. The Morgan fingerprint density at radius 3 is 2.34 bits per heavy atom. The topological polar surface area (TPSA) is 184 Å². The molecule has 2 unspecified atom stereocenters. The molecule has 10 heteroatoms. The number of unbranched alkanes of at least 4 members (excludes halogenated alkanes) is 1. The number of esters is 1. The highest BCUT2D eigenvalue weighted by Gasteiger charge is 2.76. The first-order chi connectivity index (χ1) is 20.4. The summed E-state index contributed by atoms with van der Waals surface area (Å²) in [5, 5.41) is 47.0. The van der Waals surface area contributed by atoms with E-state index in [0.717, 1.165) is 12.0 Å². The first-order valence-electron chi connectivity index (χ1n) is 15.6. The molecular weight excluding hydrogens is 566 g/mol. The van der Waals surface area contributed by atoms with E-state index in [1.165, 1.54) is 12.2 Å². The van der Waals surface area contributed by atoms with Gasteiger partial charge in [0.1, 0.15) is 17.8 Å². The van der Waals surface area contributed by atoms with E-state index >= 15 is 0 Å². The Morgan fingerprint density at radius 1 is 1.16 bits per heavy atom. The molecule has 8 atom stereocenters. The number of fused-ring (bicyclic) bond motifs is 3. The zero-order valence-electron chi connectivity index (χ0n) is 26.7. The highest BCUT2D eigenvalue weighted by atomic mass is 16.5. The van der Waals surface area contributed by atoms with Crippen molar-refractivity contribution in [2.24, 2.45) is 40.2 Å². The summed E-state index contributed by atoms with van der Waals surface area (Å²) in [5.74, 6) is -8.13. The number of ketones is 2. The Balaban J connectivity index is 1.89. The lowest BCUT2D eigenvalue weighted by Gasteiger charge is -2.66. The van der Waals surface area contributed by atoms with E-state index in [9.17, 15) is 39.6 Å². The highest BCUT2D eigenvalue weighted by molar-refractivity contribution is 6.09. The molecule has 4 rings (SSSR count). The number of phenolic OH excluding ortho intramolecular Hbond substituents is 1. The van der Waals surface area contributed by atoms with E-state index in [1.54, 1.807) is 26.8 Å². The number of carbonyl (C=O) groups excluding carboxylic acids is 4. The van der Waals surface area contributed by atoms with Gasteiger partial charge in [0.15, 0.2) is 17.2 Å². The molecule has 0 aromatic heterocycles. The van der Waals surface area contributed by atoms with Gasteiger partial charge in [-0.15, -0.1) is 0 Å². The Morgan fingerprint density at radius 2 is 1.80 bits per heavy atom. The van der Waals surface area contributed by atoms with Crippen molar-refractivity contribution >= 4 is 29.5 Å². The van der Waals surface area contributed by atoms with E-state index in [4.69, 9.17) is 10.5 Å². The van der Waals surface area contributed by atoms with E-state index < -0.39 is 69.8 Å². The van der Waals surface area contributed by atoms with E-state index in [0.29, 0.717) is 12.0 Å². The molecule has 242 valence electrons. The number of aliphatic hydroxyl groups is 3. The van der Waals surface area contributed by atoms with E-state index in [2.05, 4.69) is 0 Å². The van der Waals surface area contributed by atoms with E-state index in [1.807, 2.05) is 27.7 Å². The second kappa shape index (κ2) is 11.7. The first-order valence-corrected chi connectivity index (χ1v) is 15.6. The van der Waals surface area contributed by atoms with Gasteiger partial charge in [0.25, 0.3) is 0 Å². The molecule has 1 aromatic rings. The number of aromatic hydroxyl groups is 1. The van der Waals surface area contributed by atoms with Crippen LogP contribution >= 0.6 is 0 Å². The number of phenols is 1. The fraction of sp³-hybridized carbons (Fsp3) is 0.647. The maximum atomic E-state index is 14.5. The van der Waals surface area contributed by atoms with Crippen molar-refractivity contribution in [3.63, 3.8) is 0 Å². The minimum absolute atomic E-state index is 0.0286. The summed E-state index contributed by atoms with van der Waals surface area (Å²) in [7, 11) is 0. The smallest absolute Gasteiger partial charge is 0.330 e. The molecular formula is C34H47NO9. The lowest BCUT2D eigenvalue weighted by atomic mass is 9.39. The van der Waals surface area contributed by atoms with Crippen LogP contribution in [0.4, 0.5) is 0 Å². The second-order valence-electron chi connectivity index (χ2n) is 14.2. The molecule has 2 saturated carbocycles. The number of rotatable bonds is 8. The maximum Gasteiger partial charge on any atom is 0.330 e. The minimum Gasteiger partial charge on any atom is -0.507 e. The molecule has 3 aliphatic carbocycles. The van der Waals surface area contributed by atoms with Crippen LogP contribution in [0.5, 0.6) is 5.75 Å². The zero-order valence-corrected chi connectivity index (χ0v) is 26.7. The van der Waals surface area contributed by atoms with Crippen molar-refractivity contribution in [3.8, 4) is 5.75 Å². The maximum absolute atomic E-state index is 14.5. The van der Waals surface area contributed by atoms with E-state index in [-0.39, 0.29) is 48.2 Å². The fourth-order valence-corrected chi connectivity index (χ4v) is 8.81. The van der Waals surface area contributed by atoms with Crippen LogP contribution in [0.15, 0.2) is 12.1 Å². The lowest BCUT2D eigenvalue weighted by Crippen LogP contribution is -2.79. The number of aliphatic hydroxyl groups excluding tert-OH is 2. The number of hydrogen-bond donors (Lipinski definition) is 5. The van der Waals surface area contributed by atoms with Crippen molar-refractivity contribution in [3.05, 3.63) is 34.4 Å². The number of Topliss-reactive ketones (excluding diaryl/α,β-unsaturated/α-hetero) is 2. The number of amides is 1. The van der Waals surface area contributed by atoms with Gasteiger partial charge in [0, 0.05) is 17.1 Å². The van der Waals surface area contributed by atoms with Crippen molar-refractivity contribution in [2.45, 2.75) is 97.9 Å². The lowest BCUT2D eigenvalue weighted by molar-refractivity contribution is -0.265. The van der Waals surface area contributed by atoms with Crippen LogP contribution in [0.2, 0.25) is 0 Å². The molecule has 6 N–H and O–H groups in total. The van der Waals surface area contributed by atoms with Crippen LogP contribution in [0.3, 0.4) is 0 Å². The summed E-state index contributed by atoms with van der Waals surface area (Å²) in [6.45, 7) is 13.2. The minimum atomic E-state index is -2.57. The van der Waals surface area contributed by atoms with Crippen LogP contribution in [-0.4, -0.2) is 68.3 Å². The molecule has 2 fully saturated rings. The molecule has 0 saturated heterocycles. The predicted molar refractivity (Wildman–Crippen MR) is 162 cm³/mol. The number of nitrogens with two attached hydrogens (primary N) is 1. The molecule has 3 aliphatic rings. The Kier molecular flexibility index (Phi) is 8.98. The van der Waals surface area contributed by atoms with Crippen LogP contribution in [-0.2, 0) is 25.5 Å². The van der Waals surface area contributed by atoms with Gasteiger partial charge in [-0.25, -0.2) is 4.79 Å². The van der Waals surface area contributed by atoms with Crippen LogP contribution in [0.1, 0.15) is 101 Å². The molecule has 0 spiro atoms. The summed E-state index contributed by atoms with van der Waals surface area (Å²) in [4.78, 5) is 53.0. The number of carbonyl (C=O) groups is 4. The van der Waals surface area contributed by atoms with Crippen LogP contribution < -0.4 is 5.73 Å². The van der Waals surface area contributed by atoms with Gasteiger partial charge in [0.05, 0.1) is 24.2 Å². The summed E-state index contributed by atoms with van der Waals surface area (Å²) in [6.07, 6.45) is 1.01. The summed E-state index contributed by atoms with van der Waals surface area (Å²) in [5.41, 5.74) is 2.12. The molecule has 44 heavy (non-hydrogen) atoms. The molecule has 0 heterocycles. The van der Waals surface area contributed by atoms with Crippen molar-refractivity contribution < 1.29 is 44.3 Å². The standard InChI is InChI=1S/C34H47NO9/c1-8-9-12-44-21(36)11-10-18-13-19(16(2)3)20-14-32(6)15-33(7)24(17(4)5)28(39)23(31(35)42)29(40)34(33,43)30(41)25(32)27(38)22(20)26(18)37/h10-11,13,16-17,23-25,28,30,37,39,41,43H,8-9,12,14-15H2,1-7H3,(H2,35,42)/t23-,24+,25-,28?,30?,32-,33-,34+/m1/s1. The van der Waals surface area contributed by atoms with Crippen molar-refractivity contribution in [1.29, 1.82) is 0 Å². The number of benzene rings is 1. The number of primary amides is 1. The fourth-order valence-electron chi connectivity index (χ4n) is 8.81. The Labute approximate surface area is 258 Å². The number of hydrogen-bond acceptors (Lipinski definition) is 9. The van der Waals surface area contributed by atoms with Crippen LogP contribution in [0, 0.1) is 34.5 Å². The number of ether oxygens (including phenoxy) is 1. The molecule has 0 bridgehead atoms. The average molecular weight is 614 g/mol. The van der Waals surface area contributed by atoms with Gasteiger partial charge in [-0.1, -0.05) is 54.9 Å². The monoisotopic (exact) mass is 613 g/mol. The summed E-state index contributed by atoms with van der Waals surface area (Å²) in [6, 6.07) is 1.74. The largest absolute Gasteiger partial charge is 0.507 e. The first kappa shape index (κ1) is 33.8. The van der Waals surface area contributed by atoms with Crippen molar-refractivity contribution in [1.82, 2.24) is 0 Å². The van der Waals surface area contributed by atoms with Crippen LogP contribution in [0.25, 0.3) is 6.08 Å². The second-order valence-corrected chi connectivity index (χ2v) is 14.2. The molecule has 1 aromatic carbocycles. The Bertz CT molecular complexity index is 1400.